The van der Waals surface area contributed by atoms with Gasteiger partial charge in [0, 0.05) is 5.56 Å². The van der Waals surface area contributed by atoms with Crippen molar-refractivity contribution in [1.29, 1.82) is 0 Å². The Morgan fingerprint density at radius 1 is 0.846 bits per heavy atom. The third-order valence-corrected chi connectivity index (χ3v) is 5.93. The molecule has 1 atom stereocenters. The van der Waals surface area contributed by atoms with Gasteiger partial charge in [-0.15, -0.1) is 0 Å². The number of benzene rings is 2. The fourth-order valence-corrected chi connectivity index (χ4v) is 4.90. The maximum atomic E-state index is 6.69. The summed E-state index contributed by atoms with van der Waals surface area (Å²) in [5.74, 6) is 0. The average molecular weight is 426 g/mol. The molecule has 3 aromatic rings. The Labute approximate surface area is 167 Å². The largest absolute Gasteiger partial charge is 0.363 e. The van der Waals surface area contributed by atoms with Crippen LogP contribution in [-0.4, -0.2) is 20.8 Å². The van der Waals surface area contributed by atoms with Crippen LogP contribution in [0.4, 0.5) is 0 Å². The Morgan fingerprint density at radius 3 is 2.00 bits per heavy atom. The molecule has 1 aromatic heterocycles. The van der Waals surface area contributed by atoms with Crippen LogP contribution in [-0.2, 0) is 9.96 Å². The van der Waals surface area contributed by atoms with Gasteiger partial charge in [0.1, 0.15) is 9.83 Å². The Kier molecular flexibility index (Phi) is 5.46. The fraction of sp³-hybridized carbons (Fsp3) is 0.227. The summed E-state index contributed by atoms with van der Waals surface area (Å²) in [5.41, 5.74) is 4.07. The lowest BCUT2D eigenvalue weighted by Crippen LogP contribution is -2.40. The monoisotopic (exact) mass is 425 g/mol. The molecule has 134 valence electrons. The lowest BCUT2D eigenvalue weighted by molar-refractivity contribution is -0.0701. The summed E-state index contributed by atoms with van der Waals surface area (Å²) in [6.45, 7) is 6.30. The van der Waals surface area contributed by atoms with Crippen molar-refractivity contribution in [1.82, 2.24) is 4.98 Å². The number of pyridine rings is 1. The summed E-state index contributed by atoms with van der Waals surface area (Å²) in [4.78, 5) is 4.91. The number of hydrogen-bond donors (Lipinski definition) is 0. The summed E-state index contributed by atoms with van der Waals surface area (Å²) in [5, 5.41) is -0.547. The van der Waals surface area contributed by atoms with E-state index in [4.69, 9.17) is 9.72 Å². The van der Waals surface area contributed by atoms with Crippen LogP contribution < -0.4 is 0 Å². The van der Waals surface area contributed by atoms with E-state index in [1.54, 1.807) is 0 Å². The van der Waals surface area contributed by atoms with Gasteiger partial charge in [0.2, 0.25) is 0 Å². The summed E-state index contributed by atoms with van der Waals surface area (Å²) in [6, 6.07) is 25.0. The topological polar surface area (TPSA) is 22.1 Å². The number of aromatic nitrogens is 1. The summed E-state index contributed by atoms with van der Waals surface area (Å²) < 4.78 is 7.51. The smallest absolute Gasteiger partial charge is 0.114 e. The maximum Gasteiger partial charge on any atom is 0.114 e. The molecule has 2 nitrogen and oxygen atoms in total. The number of halogens is 1. The number of rotatable bonds is 4. The van der Waals surface area contributed by atoms with Gasteiger partial charge in [-0.1, -0.05) is 60.7 Å². The molecule has 3 rings (SSSR count). The minimum Gasteiger partial charge on any atom is -0.363 e. The number of nitrogens with zero attached hydrogens (tertiary/aromatic N) is 1. The number of ether oxygens (including phenoxy) is 1. The predicted octanol–water partition coefficient (Wildman–Crippen LogP) is 4.89. The normalized spacial score (nSPS) is 14.2. The molecule has 0 aliphatic rings. The molecule has 1 heterocycles. The molecule has 0 spiro atoms. The van der Waals surface area contributed by atoms with Crippen LogP contribution >= 0.6 is 15.9 Å². The lowest BCUT2D eigenvalue weighted by atomic mass is 9.95. The van der Waals surface area contributed by atoms with Gasteiger partial charge < -0.3 is 4.74 Å². The molecular weight excluding hydrogens is 402 g/mol. The summed E-state index contributed by atoms with van der Waals surface area (Å²) in [7, 11) is 0.766. The molecule has 0 aliphatic heterocycles. The first-order valence-electron chi connectivity index (χ1n) is 8.78. The van der Waals surface area contributed by atoms with Crippen LogP contribution in [0.2, 0.25) is 0 Å². The van der Waals surface area contributed by atoms with Crippen molar-refractivity contribution >= 4 is 26.2 Å². The van der Waals surface area contributed by atoms with Crippen molar-refractivity contribution in [2.45, 2.75) is 31.6 Å². The molecule has 26 heavy (non-hydrogen) atoms. The molecule has 0 fully saturated rings. The molecule has 0 aliphatic carbocycles. The van der Waals surface area contributed by atoms with Crippen molar-refractivity contribution in [2.75, 3.05) is 0 Å². The molecule has 0 saturated heterocycles. The SMILES string of the molecule is CC(C)(C)OC([SiH3])(c1ccccc1)c1nc(Br)ccc1-c1ccccc1. The van der Waals surface area contributed by atoms with Crippen molar-refractivity contribution in [2.24, 2.45) is 0 Å². The van der Waals surface area contributed by atoms with Crippen molar-refractivity contribution < 1.29 is 4.74 Å². The highest BCUT2D eigenvalue weighted by atomic mass is 79.9. The molecule has 0 saturated carbocycles. The zero-order valence-electron chi connectivity index (χ0n) is 15.7. The van der Waals surface area contributed by atoms with Gasteiger partial charge in [0.15, 0.2) is 0 Å². The first-order valence-corrected chi connectivity index (χ1v) is 10.6. The van der Waals surface area contributed by atoms with E-state index in [0.717, 1.165) is 37.2 Å². The Hall–Kier alpha value is -1.75. The summed E-state index contributed by atoms with van der Waals surface area (Å²) in [6.07, 6.45) is 0. The van der Waals surface area contributed by atoms with Crippen LogP contribution in [0, 0.1) is 0 Å². The molecule has 0 radical (unpaired) electrons. The van der Waals surface area contributed by atoms with E-state index in [1.807, 2.05) is 18.2 Å². The van der Waals surface area contributed by atoms with Crippen LogP contribution in [0.25, 0.3) is 11.1 Å². The lowest BCUT2D eigenvalue weighted by Gasteiger charge is -2.38. The van der Waals surface area contributed by atoms with Gasteiger partial charge in [-0.3, -0.25) is 0 Å². The highest BCUT2D eigenvalue weighted by Crippen LogP contribution is 2.39. The van der Waals surface area contributed by atoms with Gasteiger partial charge >= 0.3 is 0 Å². The molecule has 2 aromatic carbocycles. The molecular formula is C22H24BrNOSi. The third-order valence-electron chi connectivity index (χ3n) is 4.23. The highest BCUT2D eigenvalue weighted by molar-refractivity contribution is 9.10. The van der Waals surface area contributed by atoms with Gasteiger partial charge in [-0.25, -0.2) is 4.98 Å². The molecule has 4 heteroatoms. The zero-order chi connectivity index (χ0) is 18.8. The minimum absolute atomic E-state index is 0.296. The van der Waals surface area contributed by atoms with Crippen molar-refractivity contribution in [3.8, 4) is 11.1 Å². The average Bonchev–Trinajstić information content (AvgIpc) is 2.62. The molecule has 0 bridgehead atoms. The van der Waals surface area contributed by atoms with Gasteiger partial charge in [0.25, 0.3) is 0 Å². The van der Waals surface area contributed by atoms with Gasteiger partial charge in [0.05, 0.1) is 21.5 Å². The van der Waals surface area contributed by atoms with E-state index < -0.39 is 5.22 Å². The van der Waals surface area contributed by atoms with Crippen molar-refractivity contribution in [3.63, 3.8) is 0 Å². The van der Waals surface area contributed by atoms with E-state index in [1.165, 1.54) is 0 Å². The minimum atomic E-state index is -0.547. The Morgan fingerprint density at radius 2 is 1.42 bits per heavy atom. The standard InChI is InChI=1S/C22H24BrNOSi/c1-21(2,3)25-22(26,17-12-8-5-9-13-17)20-18(14-15-19(23)24-20)16-10-6-4-7-11-16/h4-15H,1-3,26H3. The Bertz CT molecular complexity index is 878. The van der Waals surface area contributed by atoms with Crippen LogP contribution in [0.15, 0.2) is 77.4 Å². The quantitative estimate of drug-likeness (QED) is 0.438. The first kappa shape index (κ1) is 19.0. The van der Waals surface area contributed by atoms with Crippen LogP contribution in [0.1, 0.15) is 32.0 Å². The Balaban J connectivity index is 2.27. The zero-order valence-corrected chi connectivity index (χ0v) is 19.2. The van der Waals surface area contributed by atoms with E-state index in [-0.39, 0.29) is 5.60 Å². The second-order valence-electron chi connectivity index (χ2n) is 7.51. The molecule has 1 unspecified atom stereocenters. The van der Waals surface area contributed by atoms with E-state index in [0.29, 0.717) is 0 Å². The second-order valence-corrected chi connectivity index (χ2v) is 9.73. The maximum absolute atomic E-state index is 6.69. The predicted molar refractivity (Wildman–Crippen MR) is 115 cm³/mol. The van der Waals surface area contributed by atoms with Crippen molar-refractivity contribution in [3.05, 3.63) is 88.7 Å². The first-order chi connectivity index (χ1) is 12.3. The molecule has 0 amide bonds. The van der Waals surface area contributed by atoms with E-state index in [9.17, 15) is 0 Å². The highest BCUT2D eigenvalue weighted by Gasteiger charge is 2.37. The third kappa shape index (κ3) is 4.14. The summed E-state index contributed by atoms with van der Waals surface area (Å²) >= 11 is 3.56. The van der Waals surface area contributed by atoms with E-state index in [2.05, 4.69) is 91.3 Å². The second kappa shape index (κ2) is 7.47. The fourth-order valence-electron chi connectivity index (χ4n) is 3.26. The van der Waals surface area contributed by atoms with Crippen LogP contribution in [0.3, 0.4) is 0 Å². The van der Waals surface area contributed by atoms with E-state index >= 15 is 0 Å². The van der Waals surface area contributed by atoms with Crippen LogP contribution in [0.5, 0.6) is 0 Å². The number of hydrogen-bond acceptors (Lipinski definition) is 2. The van der Waals surface area contributed by atoms with Gasteiger partial charge in [-0.05, 0) is 60.0 Å². The van der Waals surface area contributed by atoms with Gasteiger partial charge in [-0.2, -0.15) is 0 Å². The molecule has 0 N–H and O–H groups in total.